The van der Waals surface area contributed by atoms with Gasteiger partial charge in [0.05, 0.1) is 0 Å². The van der Waals surface area contributed by atoms with Crippen LogP contribution in [0.2, 0.25) is 0 Å². The molecular formula is C8H3F6LiO. The van der Waals surface area contributed by atoms with Crippen LogP contribution in [0.5, 0.6) is 5.75 Å². The molecule has 0 spiro atoms. The third-order valence-corrected chi connectivity index (χ3v) is 1.63. The molecule has 1 aromatic carbocycles. The van der Waals surface area contributed by atoms with E-state index in [9.17, 15) is 31.4 Å². The van der Waals surface area contributed by atoms with E-state index in [-0.39, 0.29) is 18.9 Å². The van der Waals surface area contributed by atoms with Crippen molar-refractivity contribution in [1.29, 1.82) is 0 Å². The fraction of sp³-hybridized carbons (Fsp3) is 0.250. The average Bonchev–Trinajstić information content (AvgIpc) is 1.99. The molecule has 0 saturated heterocycles. The van der Waals surface area contributed by atoms with E-state index in [2.05, 4.69) is 0 Å². The number of para-hydroxylation sites is 1. The van der Waals surface area contributed by atoms with Crippen LogP contribution in [0, 0.1) is 0 Å². The summed E-state index contributed by atoms with van der Waals surface area (Å²) in [5, 5.41) is 10.8. The van der Waals surface area contributed by atoms with E-state index < -0.39 is 29.2 Å². The summed E-state index contributed by atoms with van der Waals surface area (Å²) in [6, 6.07) is 1.18. The molecule has 16 heavy (non-hydrogen) atoms. The molecule has 0 unspecified atom stereocenters. The van der Waals surface area contributed by atoms with Crippen molar-refractivity contribution in [2.45, 2.75) is 12.4 Å². The van der Waals surface area contributed by atoms with Crippen LogP contribution in [0.25, 0.3) is 0 Å². The molecule has 0 heterocycles. The second-order valence-corrected chi connectivity index (χ2v) is 2.68. The minimum atomic E-state index is -5.07. The number of benzene rings is 1. The second kappa shape index (κ2) is 4.60. The van der Waals surface area contributed by atoms with Crippen molar-refractivity contribution in [3.63, 3.8) is 0 Å². The van der Waals surface area contributed by atoms with E-state index in [0.717, 1.165) is 0 Å². The van der Waals surface area contributed by atoms with Gasteiger partial charge in [0.25, 0.3) is 0 Å². The smallest absolute Gasteiger partial charge is 0.872 e. The Balaban J connectivity index is 0.00000225. The Bertz CT molecular complexity index is 338. The molecule has 0 aromatic heterocycles. The molecule has 0 aliphatic carbocycles. The van der Waals surface area contributed by atoms with Crippen molar-refractivity contribution in [2.75, 3.05) is 0 Å². The topological polar surface area (TPSA) is 23.1 Å². The molecule has 0 atom stereocenters. The maximum absolute atomic E-state index is 12.0. The van der Waals surface area contributed by atoms with Crippen LogP contribution < -0.4 is 24.0 Å². The van der Waals surface area contributed by atoms with Gasteiger partial charge in [0.2, 0.25) is 0 Å². The van der Waals surface area contributed by atoms with Gasteiger partial charge in [-0.15, -0.1) is 0 Å². The number of alkyl halides is 6. The molecule has 0 aliphatic heterocycles. The zero-order valence-electron chi connectivity index (χ0n) is 7.91. The Morgan fingerprint density at radius 3 is 1.38 bits per heavy atom. The zero-order chi connectivity index (χ0) is 11.9. The van der Waals surface area contributed by atoms with Crippen LogP contribution in [-0.4, -0.2) is 0 Å². The summed E-state index contributed by atoms with van der Waals surface area (Å²) in [6.45, 7) is 0. The van der Waals surface area contributed by atoms with Gasteiger partial charge in [-0.05, 0) is 0 Å². The Kier molecular flexibility index (Phi) is 4.36. The first kappa shape index (κ1) is 15.2. The molecule has 0 aliphatic rings. The molecular weight excluding hydrogens is 233 g/mol. The maximum Gasteiger partial charge on any atom is 1.00 e. The predicted molar refractivity (Wildman–Crippen MR) is 35.9 cm³/mol. The largest absolute Gasteiger partial charge is 1.00 e. The Hall–Kier alpha value is -0.803. The summed E-state index contributed by atoms with van der Waals surface area (Å²) in [5.74, 6) is -2.04. The van der Waals surface area contributed by atoms with Gasteiger partial charge in [-0.1, -0.05) is 23.9 Å². The molecule has 1 rings (SSSR count). The molecule has 0 N–H and O–H groups in total. The van der Waals surface area contributed by atoms with Crippen LogP contribution >= 0.6 is 0 Å². The predicted octanol–water partition coefficient (Wildman–Crippen LogP) is -0.198. The van der Waals surface area contributed by atoms with Crippen molar-refractivity contribution in [1.82, 2.24) is 0 Å². The standard InChI is InChI=1S/C8H4F6O.Li/c9-7(10,11)4-2-1-3-5(6(4)15)8(12,13)14;/h1-3,15H;/q;+1/p-1. The Morgan fingerprint density at radius 1 is 0.812 bits per heavy atom. The normalized spacial score (nSPS) is 12.1. The van der Waals surface area contributed by atoms with Crippen molar-refractivity contribution in [3.8, 4) is 5.75 Å². The van der Waals surface area contributed by atoms with E-state index >= 15 is 0 Å². The van der Waals surface area contributed by atoms with Crippen molar-refractivity contribution in [2.24, 2.45) is 0 Å². The van der Waals surface area contributed by atoms with Gasteiger partial charge in [0.15, 0.2) is 0 Å². The Labute approximate surface area is 98.2 Å². The van der Waals surface area contributed by atoms with Crippen LogP contribution in [0.4, 0.5) is 26.3 Å². The summed E-state index contributed by atoms with van der Waals surface area (Å²) in [7, 11) is 0. The molecule has 0 radical (unpaired) electrons. The first-order valence-electron chi connectivity index (χ1n) is 3.58. The van der Waals surface area contributed by atoms with Crippen LogP contribution in [0.3, 0.4) is 0 Å². The van der Waals surface area contributed by atoms with Gasteiger partial charge in [0, 0.05) is 11.1 Å². The molecule has 8 heteroatoms. The van der Waals surface area contributed by atoms with E-state index in [1.165, 1.54) is 0 Å². The molecule has 0 amide bonds. The van der Waals surface area contributed by atoms with E-state index in [4.69, 9.17) is 0 Å². The van der Waals surface area contributed by atoms with Gasteiger partial charge in [-0.3, -0.25) is 0 Å². The van der Waals surface area contributed by atoms with Crippen molar-refractivity contribution >= 4 is 0 Å². The minimum Gasteiger partial charge on any atom is -0.872 e. The molecule has 1 nitrogen and oxygen atoms in total. The van der Waals surface area contributed by atoms with Crippen molar-refractivity contribution < 1.29 is 50.3 Å². The average molecular weight is 236 g/mol. The molecule has 0 bridgehead atoms. The SMILES string of the molecule is [Li+].[O-]c1c(C(F)(F)F)cccc1C(F)(F)F. The Morgan fingerprint density at radius 2 is 1.12 bits per heavy atom. The quantitative estimate of drug-likeness (QED) is 0.452. The molecule has 0 fully saturated rings. The number of hydrogen-bond acceptors (Lipinski definition) is 1. The third-order valence-electron chi connectivity index (χ3n) is 1.63. The third kappa shape index (κ3) is 3.09. The monoisotopic (exact) mass is 236 g/mol. The number of rotatable bonds is 0. The fourth-order valence-corrected chi connectivity index (χ4v) is 0.983. The zero-order valence-corrected chi connectivity index (χ0v) is 7.91. The summed E-state index contributed by atoms with van der Waals surface area (Å²) in [5.41, 5.74) is -3.62. The van der Waals surface area contributed by atoms with E-state index in [0.29, 0.717) is 18.2 Å². The summed E-state index contributed by atoms with van der Waals surface area (Å²) >= 11 is 0. The van der Waals surface area contributed by atoms with Crippen LogP contribution in [-0.2, 0) is 12.4 Å². The molecule has 1 aromatic rings. The fourth-order valence-electron chi connectivity index (χ4n) is 0.983. The van der Waals surface area contributed by atoms with Gasteiger partial charge in [0.1, 0.15) is 0 Å². The van der Waals surface area contributed by atoms with Gasteiger partial charge in [-0.25, -0.2) is 0 Å². The van der Waals surface area contributed by atoms with Gasteiger partial charge < -0.3 is 5.11 Å². The first-order valence-corrected chi connectivity index (χ1v) is 3.58. The van der Waals surface area contributed by atoms with Gasteiger partial charge >= 0.3 is 31.2 Å². The minimum absolute atomic E-state index is 0. The van der Waals surface area contributed by atoms with Crippen molar-refractivity contribution in [3.05, 3.63) is 29.3 Å². The van der Waals surface area contributed by atoms with Crippen LogP contribution in [0.15, 0.2) is 18.2 Å². The maximum atomic E-state index is 12.0. The first-order chi connectivity index (χ1) is 6.64. The summed E-state index contributed by atoms with van der Waals surface area (Å²) in [4.78, 5) is 0. The van der Waals surface area contributed by atoms with Crippen LogP contribution in [0.1, 0.15) is 11.1 Å². The molecule has 0 saturated carbocycles. The molecule has 84 valence electrons. The summed E-state index contributed by atoms with van der Waals surface area (Å²) < 4.78 is 72.3. The van der Waals surface area contributed by atoms with Gasteiger partial charge in [-0.2, -0.15) is 26.3 Å². The van der Waals surface area contributed by atoms with E-state index in [1.54, 1.807) is 0 Å². The van der Waals surface area contributed by atoms with E-state index in [1.807, 2.05) is 0 Å². The summed E-state index contributed by atoms with van der Waals surface area (Å²) in [6.07, 6.45) is -10.1. The number of halogens is 6. The number of hydrogen-bond donors (Lipinski definition) is 0. The second-order valence-electron chi connectivity index (χ2n) is 2.68.